The van der Waals surface area contributed by atoms with Crippen molar-refractivity contribution in [1.82, 2.24) is 15.5 Å². The molecule has 1 aliphatic rings. The highest BCUT2D eigenvalue weighted by atomic mass is 35.5. The molecule has 2 N–H and O–H groups in total. The van der Waals surface area contributed by atoms with Crippen LogP contribution in [0.4, 0.5) is 4.79 Å². The van der Waals surface area contributed by atoms with Crippen molar-refractivity contribution in [2.45, 2.75) is 12.5 Å². The second kappa shape index (κ2) is 5.22. The van der Waals surface area contributed by atoms with Crippen molar-refractivity contribution in [2.24, 2.45) is 0 Å². The number of urea groups is 1. The van der Waals surface area contributed by atoms with E-state index in [-0.39, 0.29) is 18.4 Å². The normalized spacial score (nSPS) is 21.3. The van der Waals surface area contributed by atoms with E-state index in [1.54, 1.807) is 19.0 Å². The first-order valence-corrected chi connectivity index (χ1v) is 3.88. The van der Waals surface area contributed by atoms with Crippen LogP contribution in [0.2, 0.25) is 0 Å². The third-order valence-electron chi connectivity index (χ3n) is 1.79. The van der Waals surface area contributed by atoms with E-state index in [1.807, 2.05) is 0 Å². The molecule has 0 aromatic rings. The summed E-state index contributed by atoms with van der Waals surface area (Å²) in [4.78, 5) is 12.6. The van der Waals surface area contributed by atoms with E-state index in [0.717, 1.165) is 19.5 Å². The number of hydrogen-bond donors (Lipinski definition) is 2. The van der Waals surface area contributed by atoms with E-state index in [1.165, 1.54) is 0 Å². The van der Waals surface area contributed by atoms with Crippen molar-refractivity contribution < 1.29 is 4.79 Å². The maximum absolute atomic E-state index is 11.1. The standard InChI is InChI=1S/C7H15N3O.ClH/c1-10(2)7(11)9-6-3-4-8-5-6;/h6,8H,3-5H2,1-2H3,(H,9,11);1H. The lowest BCUT2D eigenvalue weighted by molar-refractivity contribution is 0.214. The summed E-state index contributed by atoms with van der Waals surface area (Å²) in [5.41, 5.74) is 0. The number of halogens is 1. The molecule has 1 fully saturated rings. The summed E-state index contributed by atoms with van der Waals surface area (Å²) in [6.45, 7) is 1.91. The quantitative estimate of drug-likeness (QED) is 0.618. The fourth-order valence-corrected chi connectivity index (χ4v) is 1.08. The lowest BCUT2D eigenvalue weighted by atomic mass is 10.3. The van der Waals surface area contributed by atoms with E-state index in [2.05, 4.69) is 10.6 Å². The molecule has 1 rings (SSSR count). The highest BCUT2D eigenvalue weighted by Gasteiger charge is 2.16. The van der Waals surface area contributed by atoms with E-state index < -0.39 is 0 Å². The van der Waals surface area contributed by atoms with E-state index in [4.69, 9.17) is 0 Å². The van der Waals surface area contributed by atoms with Crippen molar-refractivity contribution in [2.75, 3.05) is 27.2 Å². The van der Waals surface area contributed by atoms with Gasteiger partial charge in [0.05, 0.1) is 0 Å². The highest BCUT2D eigenvalue weighted by Crippen LogP contribution is 1.96. The summed E-state index contributed by atoms with van der Waals surface area (Å²) in [6, 6.07) is 0.323. The number of amides is 2. The monoisotopic (exact) mass is 193 g/mol. The van der Waals surface area contributed by atoms with Crippen LogP contribution in [0.3, 0.4) is 0 Å². The molecule has 1 aliphatic heterocycles. The number of nitrogens with one attached hydrogen (secondary N) is 2. The Balaban J connectivity index is 0.00000121. The fraction of sp³-hybridized carbons (Fsp3) is 0.857. The minimum absolute atomic E-state index is 0. The van der Waals surface area contributed by atoms with Gasteiger partial charge in [-0.2, -0.15) is 0 Å². The average molecular weight is 194 g/mol. The second-order valence-electron chi connectivity index (χ2n) is 3.03. The van der Waals surface area contributed by atoms with E-state index in [0.29, 0.717) is 6.04 Å². The average Bonchev–Trinajstić information content (AvgIpc) is 2.39. The van der Waals surface area contributed by atoms with E-state index in [9.17, 15) is 4.79 Å². The first-order chi connectivity index (χ1) is 5.20. The number of carbonyl (C=O) groups excluding carboxylic acids is 1. The number of carbonyl (C=O) groups is 1. The lowest BCUT2D eigenvalue weighted by Crippen LogP contribution is -2.42. The van der Waals surface area contributed by atoms with Gasteiger partial charge < -0.3 is 15.5 Å². The van der Waals surface area contributed by atoms with Crippen molar-refractivity contribution in [3.8, 4) is 0 Å². The van der Waals surface area contributed by atoms with Crippen LogP contribution in [-0.2, 0) is 0 Å². The summed E-state index contributed by atoms with van der Waals surface area (Å²) < 4.78 is 0. The molecule has 1 heterocycles. The zero-order valence-electron chi connectivity index (χ0n) is 7.46. The molecular formula is C7H16ClN3O. The molecule has 5 heteroatoms. The molecule has 12 heavy (non-hydrogen) atoms. The molecule has 0 bridgehead atoms. The second-order valence-corrected chi connectivity index (χ2v) is 3.03. The summed E-state index contributed by atoms with van der Waals surface area (Å²) in [6.07, 6.45) is 1.04. The largest absolute Gasteiger partial charge is 0.334 e. The molecule has 0 aliphatic carbocycles. The zero-order valence-corrected chi connectivity index (χ0v) is 8.28. The SMILES string of the molecule is CN(C)C(=O)NC1CCNC1.Cl. The van der Waals surface area contributed by atoms with Gasteiger partial charge in [-0.3, -0.25) is 0 Å². The Morgan fingerprint density at radius 3 is 2.67 bits per heavy atom. The van der Waals surface area contributed by atoms with E-state index >= 15 is 0 Å². The molecule has 0 aromatic heterocycles. The molecule has 1 unspecified atom stereocenters. The van der Waals surface area contributed by atoms with Gasteiger partial charge >= 0.3 is 6.03 Å². The Morgan fingerprint density at radius 1 is 1.58 bits per heavy atom. The van der Waals surface area contributed by atoms with Crippen molar-refractivity contribution in [1.29, 1.82) is 0 Å². The number of nitrogens with zero attached hydrogens (tertiary/aromatic N) is 1. The molecular weight excluding hydrogens is 178 g/mol. The molecule has 72 valence electrons. The first-order valence-electron chi connectivity index (χ1n) is 3.88. The molecule has 0 saturated carbocycles. The summed E-state index contributed by atoms with van der Waals surface area (Å²) in [5.74, 6) is 0. The Labute approximate surface area is 79.1 Å². The Hall–Kier alpha value is -0.480. The van der Waals surface area contributed by atoms with Crippen molar-refractivity contribution in [3.05, 3.63) is 0 Å². The van der Waals surface area contributed by atoms with Gasteiger partial charge in [-0.1, -0.05) is 0 Å². The zero-order chi connectivity index (χ0) is 8.27. The lowest BCUT2D eigenvalue weighted by Gasteiger charge is -2.15. The molecule has 1 saturated heterocycles. The summed E-state index contributed by atoms with van der Waals surface area (Å²) in [7, 11) is 3.50. The molecule has 4 nitrogen and oxygen atoms in total. The third kappa shape index (κ3) is 3.28. The Morgan fingerprint density at radius 2 is 2.25 bits per heavy atom. The van der Waals surface area contributed by atoms with Crippen LogP contribution in [0, 0.1) is 0 Å². The van der Waals surface area contributed by atoms with Crippen LogP contribution in [0.15, 0.2) is 0 Å². The van der Waals surface area contributed by atoms with Gasteiger partial charge in [-0.05, 0) is 13.0 Å². The number of rotatable bonds is 1. The van der Waals surface area contributed by atoms with Crippen LogP contribution >= 0.6 is 12.4 Å². The molecule has 0 spiro atoms. The molecule has 0 radical (unpaired) electrons. The Kier molecular flexibility index (Phi) is 5.01. The van der Waals surface area contributed by atoms with Gasteiger partial charge in [0.25, 0.3) is 0 Å². The van der Waals surface area contributed by atoms with Gasteiger partial charge in [0.2, 0.25) is 0 Å². The molecule has 0 aromatic carbocycles. The van der Waals surface area contributed by atoms with Crippen LogP contribution < -0.4 is 10.6 Å². The molecule has 1 atom stereocenters. The van der Waals surface area contributed by atoms with Gasteiger partial charge in [-0.25, -0.2) is 4.79 Å². The minimum Gasteiger partial charge on any atom is -0.334 e. The first kappa shape index (κ1) is 11.5. The fourth-order valence-electron chi connectivity index (χ4n) is 1.08. The number of hydrogen-bond acceptors (Lipinski definition) is 2. The van der Waals surface area contributed by atoms with Gasteiger partial charge in [-0.15, -0.1) is 12.4 Å². The van der Waals surface area contributed by atoms with Crippen molar-refractivity contribution >= 4 is 18.4 Å². The van der Waals surface area contributed by atoms with Gasteiger partial charge in [0, 0.05) is 26.7 Å². The van der Waals surface area contributed by atoms with Gasteiger partial charge in [0.15, 0.2) is 0 Å². The van der Waals surface area contributed by atoms with Crippen LogP contribution in [0.25, 0.3) is 0 Å². The van der Waals surface area contributed by atoms with Crippen LogP contribution in [0.1, 0.15) is 6.42 Å². The van der Waals surface area contributed by atoms with Gasteiger partial charge in [0.1, 0.15) is 0 Å². The van der Waals surface area contributed by atoms with Crippen molar-refractivity contribution in [3.63, 3.8) is 0 Å². The maximum Gasteiger partial charge on any atom is 0.317 e. The van der Waals surface area contributed by atoms with Crippen LogP contribution in [0.5, 0.6) is 0 Å². The third-order valence-corrected chi connectivity index (χ3v) is 1.79. The molecule has 2 amide bonds. The summed E-state index contributed by atoms with van der Waals surface area (Å²) in [5, 5.41) is 6.09. The topological polar surface area (TPSA) is 44.4 Å². The maximum atomic E-state index is 11.1. The Bertz CT molecular complexity index is 146. The minimum atomic E-state index is -0.00120. The highest BCUT2D eigenvalue weighted by molar-refractivity contribution is 5.85. The predicted octanol–water partition coefficient (Wildman–Crippen LogP) is 0.0413. The smallest absolute Gasteiger partial charge is 0.317 e. The van der Waals surface area contributed by atoms with Crippen LogP contribution in [-0.4, -0.2) is 44.2 Å². The predicted molar refractivity (Wildman–Crippen MR) is 50.7 cm³/mol. The summed E-state index contributed by atoms with van der Waals surface area (Å²) >= 11 is 0.